The lowest BCUT2D eigenvalue weighted by molar-refractivity contribution is 0.0138. The van der Waals surface area contributed by atoms with E-state index in [-0.39, 0.29) is 23.2 Å². The molecule has 1 fully saturated rings. The molecular weight excluding hydrogens is 588 g/mol. The number of ether oxygens (including phenoxy) is 2. The minimum Gasteiger partial charge on any atom is -0.496 e. The summed E-state index contributed by atoms with van der Waals surface area (Å²) in [5.74, 6) is 0.0851. The first-order valence-electron chi connectivity index (χ1n) is 14.0. The van der Waals surface area contributed by atoms with Crippen molar-refractivity contribution < 1.29 is 27.5 Å². The largest absolute Gasteiger partial charge is 0.496 e. The van der Waals surface area contributed by atoms with E-state index in [1.807, 2.05) is 38.3 Å². The first-order valence-corrected chi connectivity index (χ1v) is 16.3. The van der Waals surface area contributed by atoms with Gasteiger partial charge in [0.2, 0.25) is 0 Å². The average Bonchev–Trinajstić information content (AvgIpc) is 3.65. The van der Waals surface area contributed by atoms with Crippen LogP contribution in [0, 0.1) is 0 Å². The molecule has 43 heavy (non-hydrogen) atoms. The molecular formula is C31H36N4O6S2. The average molecular weight is 625 g/mol. The third-order valence-corrected chi connectivity index (χ3v) is 9.77. The highest BCUT2D eigenvalue weighted by atomic mass is 32.2. The number of benzene rings is 2. The molecule has 0 bridgehead atoms. The minimum absolute atomic E-state index is 0.0136. The van der Waals surface area contributed by atoms with Crippen molar-refractivity contribution in [3.05, 3.63) is 82.2 Å². The zero-order valence-corrected chi connectivity index (χ0v) is 26.3. The van der Waals surface area contributed by atoms with Gasteiger partial charge in [0.25, 0.3) is 15.9 Å². The molecule has 0 radical (unpaired) electrons. The molecule has 2 amide bonds. The van der Waals surface area contributed by atoms with Crippen molar-refractivity contribution in [3.8, 4) is 5.75 Å². The number of amides is 2. The van der Waals surface area contributed by atoms with Crippen molar-refractivity contribution in [1.29, 1.82) is 0 Å². The van der Waals surface area contributed by atoms with Crippen molar-refractivity contribution >= 4 is 44.3 Å². The highest BCUT2D eigenvalue weighted by molar-refractivity contribution is 7.90. The van der Waals surface area contributed by atoms with Crippen LogP contribution in [-0.2, 0) is 27.8 Å². The van der Waals surface area contributed by atoms with E-state index in [0.717, 1.165) is 14.4 Å². The predicted molar refractivity (Wildman–Crippen MR) is 166 cm³/mol. The zero-order valence-electron chi connectivity index (χ0n) is 24.7. The molecule has 10 nitrogen and oxygen atoms in total. The Morgan fingerprint density at radius 2 is 1.70 bits per heavy atom. The molecule has 1 aliphatic rings. The van der Waals surface area contributed by atoms with Gasteiger partial charge < -0.3 is 19.7 Å². The minimum atomic E-state index is -4.13. The van der Waals surface area contributed by atoms with Crippen LogP contribution in [0.3, 0.4) is 0 Å². The van der Waals surface area contributed by atoms with Gasteiger partial charge >= 0.3 is 6.09 Å². The number of aromatic nitrogens is 1. The van der Waals surface area contributed by atoms with Gasteiger partial charge in [0.15, 0.2) is 0 Å². The summed E-state index contributed by atoms with van der Waals surface area (Å²) in [4.78, 5) is 31.0. The summed E-state index contributed by atoms with van der Waals surface area (Å²) in [6.45, 7) is 8.42. The molecule has 5 rings (SSSR count). The van der Waals surface area contributed by atoms with E-state index in [1.165, 1.54) is 23.5 Å². The van der Waals surface area contributed by atoms with Gasteiger partial charge in [-0.15, -0.1) is 11.3 Å². The van der Waals surface area contributed by atoms with Crippen molar-refractivity contribution in [1.82, 2.24) is 19.1 Å². The number of hydrogen-bond acceptors (Lipinski definition) is 8. The number of thiophene rings is 1. The Hall–Kier alpha value is -3.87. The van der Waals surface area contributed by atoms with E-state index >= 15 is 0 Å². The van der Waals surface area contributed by atoms with Crippen molar-refractivity contribution in [2.45, 2.75) is 44.4 Å². The first-order chi connectivity index (χ1) is 20.5. The second-order valence-corrected chi connectivity index (χ2v) is 14.1. The molecule has 3 heterocycles. The lowest BCUT2D eigenvalue weighted by Crippen LogP contribution is -2.49. The van der Waals surface area contributed by atoms with Crippen LogP contribution >= 0.6 is 11.3 Å². The number of nitrogens with zero attached hydrogens (tertiary/aromatic N) is 3. The van der Waals surface area contributed by atoms with Crippen LogP contribution in [-0.4, -0.2) is 73.1 Å². The van der Waals surface area contributed by atoms with Gasteiger partial charge in [-0.25, -0.2) is 17.2 Å². The number of carbonyl (C=O) groups excluding carboxylic acids is 2. The maximum Gasteiger partial charge on any atom is 0.410 e. The Balaban J connectivity index is 1.51. The molecule has 1 saturated heterocycles. The molecule has 0 saturated carbocycles. The number of fused-ring (bicyclic) bond motifs is 1. The van der Waals surface area contributed by atoms with E-state index in [9.17, 15) is 18.0 Å². The number of carbonyl (C=O) groups is 2. The van der Waals surface area contributed by atoms with Gasteiger partial charge in [0, 0.05) is 48.6 Å². The van der Waals surface area contributed by atoms with Crippen LogP contribution in [0.25, 0.3) is 10.9 Å². The molecule has 4 aromatic rings. The van der Waals surface area contributed by atoms with Gasteiger partial charge in [-0.2, -0.15) is 0 Å². The third kappa shape index (κ3) is 6.71. The summed E-state index contributed by atoms with van der Waals surface area (Å²) in [5.41, 5.74) is 0.589. The SMILES string of the molecule is COc1ccc2c(cc(C(=O)NCc3cccs3)n2S(=O)(=O)c2ccccc2)c1CN1CCN(C(=O)OC(C)(C)C)CC1. The molecule has 2 aromatic heterocycles. The highest BCUT2D eigenvalue weighted by Gasteiger charge is 2.30. The van der Waals surface area contributed by atoms with E-state index in [1.54, 1.807) is 48.4 Å². The zero-order chi connectivity index (χ0) is 30.8. The number of piperazine rings is 1. The van der Waals surface area contributed by atoms with E-state index in [4.69, 9.17) is 9.47 Å². The Bertz CT molecular complexity index is 1700. The summed E-state index contributed by atoms with van der Waals surface area (Å²) in [7, 11) is -2.56. The second kappa shape index (κ2) is 12.4. The van der Waals surface area contributed by atoms with E-state index in [0.29, 0.717) is 49.4 Å². The fourth-order valence-electron chi connectivity index (χ4n) is 5.07. The summed E-state index contributed by atoms with van der Waals surface area (Å²) in [5, 5.41) is 5.41. The number of hydrogen-bond donors (Lipinski definition) is 1. The van der Waals surface area contributed by atoms with Gasteiger partial charge in [0.05, 0.1) is 24.1 Å². The van der Waals surface area contributed by atoms with Crippen LogP contribution in [0.5, 0.6) is 5.75 Å². The molecule has 1 aliphatic heterocycles. The topological polar surface area (TPSA) is 110 Å². The molecule has 228 valence electrons. The summed E-state index contributed by atoms with van der Waals surface area (Å²) in [6, 6.07) is 16.9. The maximum atomic E-state index is 14.0. The van der Waals surface area contributed by atoms with Crippen LogP contribution in [0.15, 0.2) is 70.9 Å². The van der Waals surface area contributed by atoms with Crippen molar-refractivity contribution in [2.24, 2.45) is 0 Å². The predicted octanol–water partition coefficient (Wildman–Crippen LogP) is 4.93. The van der Waals surface area contributed by atoms with Crippen LogP contribution in [0.2, 0.25) is 0 Å². The lowest BCUT2D eigenvalue weighted by atomic mass is 10.1. The van der Waals surface area contributed by atoms with Gasteiger partial charge in [0.1, 0.15) is 17.0 Å². The standard InChI is InChI=1S/C31H36N4O6S2/c1-31(2,3)41-30(37)34-16-14-33(15-17-34)21-25-24-19-27(29(36)32-20-22-9-8-18-42-22)35(26(24)12-13-28(25)40-4)43(38,39)23-10-6-5-7-11-23/h5-13,18-19H,14-17,20-21H2,1-4H3,(H,32,36). The summed E-state index contributed by atoms with van der Waals surface area (Å²) >= 11 is 1.51. The molecule has 0 aliphatic carbocycles. The van der Waals surface area contributed by atoms with Crippen LogP contribution in [0.1, 0.15) is 41.7 Å². The third-order valence-electron chi connectivity index (χ3n) is 7.15. The first kappa shape index (κ1) is 30.6. The Morgan fingerprint density at radius 3 is 2.33 bits per heavy atom. The van der Waals surface area contributed by atoms with Crippen LogP contribution < -0.4 is 10.1 Å². The summed E-state index contributed by atoms with van der Waals surface area (Å²) < 4.78 is 40.4. The molecule has 1 N–H and O–H groups in total. The Morgan fingerprint density at radius 1 is 0.977 bits per heavy atom. The van der Waals surface area contributed by atoms with Gasteiger partial charge in [-0.1, -0.05) is 24.3 Å². The molecule has 2 aromatic carbocycles. The second-order valence-electron chi connectivity index (χ2n) is 11.3. The van der Waals surface area contributed by atoms with Gasteiger partial charge in [-0.3, -0.25) is 9.69 Å². The highest BCUT2D eigenvalue weighted by Crippen LogP contribution is 2.34. The number of rotatable bonds is 8. The quantitative estimate of drug-likeness (QED) is 0.296. The van der Waals surface area contributed by atoms with Gasteiger partial charge in [-0.05, 0) is 62.5 Å². The molecule has 0 atom stereocenters. The number of nitrogens with one attached hydrogen (secondary N) is 1. The molecule has 0 spiro atoms. The molecule has 12 heteroatoms. The summed E-state index contributed by atoms with van der Waals surface area (Å²) in [6.07, 6.45) is -0.340. The van der Waals surface area contributed by atoms with Crippen LogP contribution in [0.4, 0.5) is 4.79 Å². The lowest BCUT2D eigenvalue weighted by Gasteiger charge is -2.35. The van der Waals surface area contributed by atoms with Crippen molar-refractivity contribution in [3.63, 3.8) is 0 Å². The molecule has 0 unspecified atom stereocenters. The normalized spacial score (nSPS) is 14.6. The van der Waals surface area contributed by atoms with E-state index < -0.39 is 21.5 Å². The van der Waals surface area contributed by atoms with E-state index in [2.05, 4.69) is 10.2 Å². The monoisotopic (exact) mass is 624 g/mol. The maximum absolute atomic E-state index is 14.0. The fraction of sp³-hybridized carbons (Fsp3) is 0.355. The number of methoxy groups -OCH3 is 1. The Labute approximate surface area is 255 Å². The van der Waals surface area contributed by atoms with Crippen molar-refractivity contribution in [2.75, 3.05) is 33.3 Å². The Kier molecular flexibility index (Phi) is 8.81. The fourth-order valence-corrected chi connectivity index (χ4v) is 7.24. The smallest absolute Gasteiger partial charge is 0.410 e.